The molecule has 9 nitrogen and oxygen atoms in total. The largest absolute Gasteiger partial charge is 0.481 e. The molecule has 0 aromatic carbocycles. The van der Waals surface area contributed by atoms with Crippen LogP contribution in [0.3, 0.4) is 0 Å². The molecule has 1 N–H and O–H groups in total. The van der Waals surface area contributed by atoms with Crippen molar-refractivity contribution in [2.24, 2.45) is 11.8 Å². The maximum absolute atomic E-state index is 12.6. The number of aryl methyl sites for hydroxylation is 1. The van der Waals surface area contributed by atoms with E-state index in [2.05, 4.69) is 25.4 Å². The van der Waals surface area contributed by atoms with Crippen molar-refractivity contribution in [2.75, 3.05) is 26.7 Å². The highest BCUT2D eigenvalue weighted by molar-refractivity contribution is 5.94. The minimum Gasteiger partial charge on any atom is -0.481 e. The highest BCUT2D eigenvalue weighted by Crippen LogP contribution is 2.54. The number of methoxy groups -OCH3 is 1. The van der Waals surface area contributed by atoms with E-state index in [-0.39, 0.29) is 17.6 Å². The lowest BCUT2D eigenvalue weighted by molar-refractivity contribution is 0.00154. The van der Waals surface area contributed by atoms with Gasteiger partial charge in [0.25, 0.3) is 5.91 Å². The van der Waals surface area contributed by atoms with Crippen molar-refractivity contribution in [1.82, 2.24) is 25.4 Å². The van der Waals surface area contributed by atoms with Gasteiger partial charge in [0.2, 0.25) is 17.7 Å². The zero-order valence-electron chi connectivity index (χ0n) is 16.6. The third-order valence-electron chi connectivity index (χ3n) is 6.49. The third-order valence-corrected chi connectivity index (χ3v) is 6.49. The number of nitrogens with one attached hydrogen (secondary N) is 1. The first kappa shape index (κ1) is 18.5. The van der Waals surface area contributed by atoms with Gasteiger partial charge in [-0.1, -0.05) is 0 Å². The van der Waals surface area contributed by atoms with Crippen molar-refractivity contribution in [3.8, 4) is 5.88 Å². The summed E-state index contributed by atoms with van der Waals surface area (Å²) in [5, 5.41) is 11.1. The van der Waals surface area contributed by atoms with Gasteiger partial charge in [-0.3, -0.25) is 9.69 Å². The lowest BCUT2D eigenvalue weighted by atomic mass is 9.73. The topological polar surface area (TPSA) is 103 Å². The van der Waals surface area contributed by atoms with Crippen LogP contribution in [0, 0.1) is 18.8 Å². The number of aromatic nitrogens is 3. The fraction of sp³-hybridized carbons (Fsp3) is 0.600. The van der Waals surface area contributed by atoms with E-state index in [0.29, 0.717) is 48.2 Å². The van der Waals surface area contributed by atoms with E-state index in [1.165, 1.54) is 7.11 Å². The summed E-state index contributed by atoms with van der Waals surface area (Å²) in [5.41, 5.74) is 0.449. The monoisotopic (exact) mass is 399 g/mol. The Kier molecular flexibility index (Phi) is 4.51. The van der Waals surface area contributed by atoms with Gasteiger partial charge in [-0.25, -0.2) is 4.98 Å². The quantitative estimate of drug-likeness (QED) is 0.773. The molecule has 0 saturated carbocycles. The van der Waals surface area contributed by atoms with E-state index >= 15 is 0 Å². The van der Waals surface area contributed by atoms with Gasteiger partial charge in [0.05, 0.1) is 25.4 Å². The fourth-order valence-electron chi connectivity index (χ4n) is 5.25. The third kappa shape index (κ3) is 3.28. The number of rotatable bonds is 6. The van der Waals surface area contributed by atoms with E-state index in [0.717, 1.165) is 25.9 Å². The molecule has 3 aliphatic heterocycles. The number of carbonyl (C=O) groups excluding carboxylic acids is 1. The van der Waals surface area contributed by atoms with Gasteiger partial charge in [-0.05, 0) is 18.9 Å². The highest BCUT2D eigenvalue weighted by Gasteiger charge is 2.62. The second-order valence-electron chi connectivity index (χ2n) is 8.21. The minimum atomic E-state index is -0.112. The van der Waals surface area contributed by atoms with Crippen molar-refractivity contribution in [2.45, 2.75) is 38.0 Å². The number of amides is 1. The van der Waals surface area contributed by atoms with Crippen molar-refractivity contribution >= 4 is 5.91 Å². The molecule has 9 heteroatoms. The number of ether oxygens (including phenoxy) is 2. The summed E-state index contributed by atoms with van der Waals surface area (Å²) in [4.78, 5) is 19.0. The fourth-order valence-corrected chi connectivity index (χ4v) is 5.25. The van der Waals surface area contributed by atoms with Gasteiger partial charge in [-0.15, -0.1) is 10.2 Å². The normalized spacial score (nSPS) is 30.5. The van der Waals surface area contributed by atoms with Crippen LogP contribution in [0.15, 0.2) is 22.7 Å². The van der Waals surface area contributed by atoms with E-state index in [4.69, 9.17) is 13.9 Å². The van der Waals surface area contributed by atoms with Crippen LogP contribution in [0.5, 0.6) is 5.88 Å². The molecule has 5 heterocycles. The van der Waals surface area contributed by atoms with Crippen LogP contribution in [0.1, 0.15) is 35.0 Å². The Balaban J connectivity index is 1.24. The Morgan fingerprint density at radius 1 is 1.45 bits per heavy atom. The number of carbonyl (C=O) groups is 1. The maximum atomic E-state index is 12.6. The molecule has 4 atom stereocenters. The molecule has 2 aromatic rings. The number of hydrogen-bond donors (Lipinski definition) is 1. The highest BCUT2D eigenvalue weighted by atomic mass is 16.5. The van der Waals surface area contributed by atoms with Crippen LogP contribution < -0.4 is 10.1 Å². The van der Waals surface area contributed by atoms with Gasteiger partial charge in [0, 0.05) is 56.2 Å². The van der Waals surface area contributed by atoms with E-state index in [1.54, 1.807) is 25.3 Å². The standard InChI is InChI=1S/C20H25N5O4/c1-12-23-24-18(28-12)10-25-9-15-14(16-3-5-20(15,11-25)29-16)8-22-19(26)13-4-6-21-17(7-13)27-2/h4,6-7,14-16H,3,5,8-11H2,1-2H3,(H,22,26)/t14-,15+,16+,20+/m0/s1. The molecular formula is C20H25N5O4. The molecule has 3 aliphatic rings. The van der Waals surface area contributed by atoms with Gasteiger partial charge < -0.3 is 19.2 Å². The molecule has 3 fully saturated rings. The minimum absolute atomic E-state index is 0.102. The molecule has 5 rings (SSSR count). The predicted octanol–water partition coefficient (Wildman–Crippen LogP) is 1.19. The molecule has 3 saturated heterocycles. The number of nitrogens with zero attached hydrogens (tertiary/aromatic N) is 4. The number of likely N-dealkylation sites (tertiary alicyclic amines) is 1. The second-order valence-corrected chi connectivity index (χ2v) is 8.21. The van der Waals surface area contributed by atoms with Gasteiger partial charge >= 0.3 is 0 Å². The lowest BCUT2D eigenvalue weighted by Crippen LogP contribution is -2.41. The second kappa shape index (κ2) is 7.07. The molecular weight excluding hydrogens is 374 g/mol. The van der Waals surface area contributed by atoms with Crippen LogP contribution >= 0.6 is 0 Å². The molecule has 2 bridgehead atoms. The maximum Gasteiger partial charge on any atom is 0.251 e. The molecule has 0 unspecified atom stereocenters. The Labute approximate surface area is 168 Å². The first-order valence-corrected chi connectivity index (χ1v) is 10.0. The summed E-state index contributed by atoms with van der Waals surface area (Å²) >= 11 is 0. The Morgan fingerprint density at radius 3 is 3.14 bits per heavy atom. The SMILES string of the molecule is COc1cc(C(=O)NC[C@H]2[C@H]3CN(Cc4nnc(C)o4)C[C@]34CC[C@H]2O4)ccn1. The molecule has 2 aromatic heterocycles. The smallest absolute Gasteiger partial charge is 0.251 e. The van der Waals surface area contributed by atoms with Crippen molar-refractivity contribution in [3.05, 3.63) is 35.7 Å². The van der Waals surface area contributed by atoms with Crippen molar-refractivity contribution < 1.29 is 18.7 Å². The summed E-state index contributed by atoms with van der Waals surface area (Å²) in [6, 6.07) is 3.35. The zero-order valence-corrected chi connectivity index (χ0v) is 16.6. The Hall–Kier alpha value is -2.52. The average molecular weight is 399 g/mol. The van der Waals surface area contributed by atoms with Gasteiger partial charge in [0.1, 0.15) is 0 Å². The molecule has 0 radical (unpaired) electrons. The Morgan fingerprint density at radius 2 is 2.34 bits per heavy atom. The summed E-state index contributed by atoms with van der Waals surface area (Å²) in [5.74, 6) is 2.26. The van der Waals surface area contributed by atoms with E-state index < -0.39 is 0 Å². The van der Waals surface area contributed by atoms with Crippen LogP contribution in [-0.2, 0) is 11.3 Å². The first-order valence-electron chi connectivity index (χ1n) is 10.0. The van der Waals surface area contributed by atoms with Gasteiger partial charge in [0.15, 0.2) is 0 Å². The molecule has 154 valence electrons. The summed E-state index contributed by atoms with van der Waals surface area (Å²) in [7, 11) is 1.54. The molecule has 1 spiro atoms. The number of pyridine rings is 1. The van der Waals surface area contributed by atoms with Crippen LogP contribution in [-0.4, -0.2) is 64.4 Å². The first-order chi connectivity index (χ1) is 14.1. The van der Waals surface area contributed by atoms with Crippen LogP contribution in [0.2, 0.25) is 0 Å². The van der Waals surface area contributed by atoms with Crippen molar-refractivity contribution in [3.63, 3.8) is 0 Å². The predicted molar refractivity (Wildman–Crippen MR) is 101 cm³/mol. The molecule has 29 heavy (non-hydrogen) atoms. The Bertz CT molecular complexity index is 918. The molecule has 0 aliphatic carbocycles. The van der Waals surface area contributed by atoms with Crippen LogP contribution in [0.4, 0.5) is 0 Å². The zero-order chi connectivity index (χ0) is 20.0. The lowest BCUT2D eigenvalue weighted by Gasteiger charge is -2.29. The summed E-state index contributed by atoms with van der Waals surface area (Å²) in [6.07, 6.45) is 3.93. The number of fused-ring (bicyclic) bond motifs is 1. The molecule has 1 amide bonds. The average Bonchev–Trinajstić information content (AvgIpc) is 3.47. The van der Waals surface area contributed by atoms with Gasteiger partial charge in [-0.2, -0.15) is 0 Å². The number of hydrogen-bond acceptors (Lipinski definition) is 8. The summed E-state index contributed by atoms with van der Waals surface area (Å²) in [6.45, 7) is 4.84. The van der Waals surface area contributed by atoms with Crippen LogP contribution in [0.25, 0.3) is 0 Å². The summed E-state index contributed by atoms with van der Waals surface area (Å²) < 4.78 is 17.1. The van der Waals surface area contributed by atoms with E-state index in [1.807, 2.05) is 0 Å². The van der Waals surface area contributed by atoms with E-state index in [9.17, 15) is 4.79 Å². The van der Waals surface area contributed by atoms with Crippen molar-refractivity contribution in [1.29, 1.82) is 0 Å².